The lowest BCUT2D eigenvalue weighted by Crippen LogP contribution is -2.62. The summed E-state index contributed by atoms with van der Waals surface area (Å²) >= 11 is 0. The maximum Gasteiger partial charge on any atom is 0.257 e. The third kappa shape index (κ3) is 7.81. The highest BCUT2D eigenvalue weighted by molar-refractivity contribution is 5.94. The van der Waals surface area contributed by atoms with Crippen LogP contribution in [0.4, 0.5) is 0 Å². The van der Waals surface area contributed by atoms with E-state index >= 15 is 0 Å². The molecule has 0 aromatic heterocycles. The lowest BCUT2D eigenvalue weighted by Gasteiger charge is -2.27. The molecule has 4 amide bonds. The van der Waals surface area contributed by atoms with Gasteiger partial charge in [-0.25, -0.2) is 5.43 Å². The van der Waals surface area contributed by atoms with Crippen LogP contribution >= 0.6 is 0 Å². The van der Waals surface area contributed by atoms with Gasteiger partial charge in [0.25, 0.3) is 5.91 Å². The van der Waals surface area contributed by atoms with Gasteiger partial charge in [0, 0.05) is 0 Å². The average Bonchev–Trinajstić information content (AvgIpc) is 2.58. The zero-order valence-corrected chi connectivity index (χ0v) is 17.5. The molecule has 10 nitrogen and oxygen atoms in total. The minimum absolute atomic E-state index is 0.160. The molecule has 0 aromatic carbocycles. The second kappa shape index (κ2) is 11.0. The summed E-state index contributed by atoms with van der Waals surface area (Å²) in [5.74, 6) is -1.44. The first-order valence-corrected chi connectivity index (χ1v) is 9.72. The number of rotatable bonds is 4. The molecular formula is C18H34N6O4. The Morgan fingerprint density at radius 3 is 1.64 bits per heavy atom. The molecule has 0 bridgehead atoms. The highest BCUT2D eigenvalue weighted by Gasteiger charge is 2.29. The zero-order valence-electron chi connectivity index (χ0n) is 17.5. The monoisotopic (exact) mass is 398 g/mol. The Balaban J connectivity index is 3.04. The highest BCUT2D eigenvalue weighted by atomic mass is 16.2. The van der Waals surface area contributed by atoms with E-state index in [1.54, 1.807) is 13.8 Å². The van der Waals surface area contributed by atoms with Crippen LogP contribution in [0.2, 0.25) is 0 Å². The molecule has 1 aliphatic heterocycles. The van der Waals surface area contributed by atoms with E-state index in [1.807, 2.05) is 27.7 Å². The second-order valence-corrected chi connectivity index (χ2v) is 8.09. The first-order valence-electron chi connectivity index (χ1n) is 9.72. The molecule has 28 heavy (non-hydrogen) atoms. The van der Waals surface area contributed by atoms with Crippen LogP contribution in [0.1, 0.15) is 54.4 Å². The minimum Gasteiger partial charge on any atom is -0.343 e. The van der Waals surface area contributed by atoms with Crippen LogP contribution < -0.4 is 32.3 Å². The van der Waals surface area contributed by atoms with Crippen molar-refractivity contribution in [1.82, 2.24) is 32.3 Å². The van der Waals surface area contributed by atoms with Crippen molar-refractivity contribution in [2.45, 2.75) is 78.6 Å². The van der Waals surface area contributed by atoms with Gasteiger partial charge in [-0.1, -0.05) is 27.7 Å². The van der Waals surface area contributed by atoms with E-state index in [9.17, 15) is 19.2 Å². The van der Waals surface area contributed by atoms with Gasteiger partial charge in [0.2, 0.25) is 17.7 Å². The molecule has 160 valence electrons. The van der Waals surface area contributed by atoms with Gasteiger partial charge in [-0.05, 0) is 38.5 Å². The van der Waals surface area contributed by atoms with Crippen molar-refractivity contribution in [1.29, 1.82) is 0 Å². The second-order valence-electron chi connectivity index (χ2n) is 8.09. The van der Waals surface area contributed by atoms with Crippen LogP contribution in [0.3, 0.4) is 0 Å². The van der Waals surface area contributed by atoms with E-state index in [-0.39, 0.29) is 11.8 Å². The van der Waals surface area contributed by atoms with Gasteiger partial charge in [-0.15, -0.1) is 0 Å². The average molecular weight is 399 g/mol. The van der Waals surface area contributed by atoms with Crippen molar-refractivity contribution in [3.63, 3.8) is 0 Å². The minimum atomic E-state index is -0.854. The molecule has 0 aromatic rings. The molecular weight excluding hydrogens is 364 g/mol. The fourth-order valence-electron chi connectivity index (χ4n) is 2.74. The maximum atomic E-state index is 12.6. The van der Waals surface area contributed by atoms with Crippen LogP contribution in [-0.4, -0.2) is 47.8 Å². The normalized spacial score (nSPS) is 28.3. The van der Waals surface area contributed by atoms with Crippen LogP contribution in [0.25, 0.3) is 0 Å². The molecule has 0 saturated carbocycles. The fraction of sp³-hybridized carbons (Fsp3) is 0.778. The van der Waals surface area contributed by atoms with Crippen LogP contribution in [0, 0.1) is 11.8 Å². The SMILES string of the molecule is CC(C)CC1NC(=O)[C@H](C)NC(=O)[C@H](CC(C)C)NC(=O)[C@H](C)NNNC1=O. The topological polar surface area (TPSA) is 140 Å². The number of carbonyl (C=O) groups is 4. The van der Waals surface area contributed by atoms with E-state index in [4.69, 9.17) is 0 Å². The zero-order chi connectivity index (χ0) is 21.4. The van der Waals surface area contributed by atoms with Crippen molar-refractivity contribution < 1.29 is 19.2 Å². The first-order chi connectivity index (χ1) is 13.0. The van der Waals surface area contributed by atoms with Gasteiger partial charge in [0.1, 0.15) is 18.1 Å². The van der Waals surface area contributed by atoms with E-state index < -0.39 is 47.8 Å². The van der Waals surface area contributed by atoms with E-state index in [0.29, 0.717) is 12.8 Å². The van der Waals surface area contributed by atoms with Gasteiger partial charge in [0.05, 0.1) is 6.04 Å². The van der Waals surface area contributed by atoms with Crippen molar-refractivity contribution in [3.05, 3.63) is 0 Å². The molecule has 4 atom stereocenters. The van der Waals surface area contributed by atoms with Crippen LogP contribution in [0.15, 0.2) is 0 Å². The summed E-state index contributed by atoms with van der Waals surface area (Å²) in [5.41, 5.74) is 7.61. The van der Waals surface area contributed by atoms with Crippen molar-refractivity contribution in [2.75, 3.05) is 0 Å². The molecule has 0 aliphatic carbocycles. The lowest BCUT2D eigenvalue weighted by atomic mass is 10.0. The Morgan fingerprint density at radius 2 is 1.14 bits per heavy atom. The Labute approximate surface area is 166 Å². The van der Waals surface area contributed by atoms with Crippen molar-refractivity contribution >= 4 is 23.6 Å². The molecule has 0 radical (unpaired) electrons. The summed E-state index contributed by atoms with van der Waals surface area (Å²) in [6, 6.07) is -3.11. The Morgan fingerprint density at radius 1 is 0.679 bits per heavy atom. The van der Waals surface area contributed by atoms with E-state index in [2.05, 4.69) is 32.3 Å². The number of hydrogen-bond acceptors (Lipinski definition) is 6. The number of amides is 4. The number of hydrogen-bond donors (Lipinski definition) is 6. The maximum absolute atomic E-state index is 12.6. The van der Waals surface area contributed by atoms with Gasteiger partial charge in [-0.2, -0.15) is 5.53 Å². The molecule has 0 spiro atoms. The summed E-state index contributed by atoms with van der Waals surface area (Å²) in [6.07, 6.45) is 0.852. The highest BCUT2D eigenvalue weighted by Crippen LogP contribution is 2.07. The summed E-state index contributed by atoms with van der Waals surface area (Å²) < 4.78 is 0. The molecule has 1 rings (SSSR count). The fourth-order valence-corrected chi connectivity index (χ4v) is 2.74. The molecule has 1 saturated heterocycles. The van der Waals surface area contributed by atoms with Crippen LogP contribution in [-0.2, 0) is 19.2 Å². The first kappa shape index (κ1) is 23.8. The summed E-state index contributed by atoms with van der Waals surface area (Å²) in [5, 5.41) is 7.99. The predicted octanol–water partition coefficient (Wildman–Crippen LogP) is -0.920. The molecule has 1 unspecified atom stereocenters. The number of carbonyl (C=O) groups excluding carboxylic acids is 4. The standard InChI is InChI=1S/C18H34N6O4/c1-9(2)7-13-17(27)19-11(5)15(25)21-14(8-10(3)4)18(28)23-24-22-12(6)16(26)20-13/h9-14,22,24H,7-8H2,1-6H3,(H,19,27)(H,20,26)(H,21,25)(H,23,28)/t11-,12-,13-,14?/m0/s1. The Bertz CT molecular complexity index is 580. The molecule has 1 aliphatic rings. The van der Waals surface area contributed by atoms with Crippen molar-refractivity contribution in [2.24, 2.45) is 11.8 Å². The van der Waals surface area contributed by atoms with Gasteiger partial charge in [0.15, 0.2) is 0 Å². The van der Waals surface area contributed by atoms with E-state index in [1.165, 1.54) is 0 Å². The number of nitrogens with one attached hydrogen (secondary N) is 6. The largest absolute Gasteiger partial charge is 0.343 e. The summed E-state index contributed by atoms with van der Waals surface area (Å²) in [6.45, 7) is 10.9. The quantitative estimate of drug-likeness (QED) is 0.362. The van der Waals surface area contributed by atoms with Crippen molar-refractivity contribution in [3.8, 4) is 0 Å². The smallest absolute Gasteiger partial charge is 0.257 e. The lowest BCUT2D eigenvalue weighted by molar-refractivity contribution is -0.135. The molecule has 1 heterocycles. The van der Waals surface area contributed by atoms with E-state index in [0.717, 1.165) is 0 Å². The molecule has 10 heteroatoms. The molecule has 6 N–H and O–H groups in total. The third-order valence-corrected chi connectivity index (χ3v) is 4.30. The van der Waals surface area contributed by atoms with Gasteiger partial charge >= 0.3 is 0 Å². The Hall–Kier alpha value is -2.20. The predicted molar refractivity (Wildman–Crippen MR) is 104 cm³/mol. The molecule has 1 fully saturated rings. The summed E-state index contributed by atoms with van der Waals surface area (Å²) in [7, 11) is 0. The number of hydrazine groups is 2. The van der Waals surface area contributed by atoms with Gasteiger partial charge in [-0.3, -0.25) is 24.6 Å². The summed E-state index contributed by atoms with van der Waals surface area (Å²) in [4.78, 5) is 49.9. The van der Waals surface area contributed by atoms with Gasteiger partial charge < -0.3 is 16.0 Å². The Kier molecular flexibility index (Phi) is 9.33. The third-order valence-electron chi connectivity index (χ3n) is 4.30. The van der Waals surface area contributed by atoms with Crippen LogP contribution in [0.5, 0.6) is 0 Å².